The quantitative estimate of drug-likeness (QED) is 0.510. The average Bonchev–Trinajstić information content (AvgIpc) is 2.80. The molecule has 2 aromatic rings. The maximum Gasteiger partial charge on any atom is 0.344 e. The summed E-state index contributed by atoms with van der Waals surface area (Å²) >= 11 is 0. The second-order valence-electron chi connectivity index (χ2n) is 5.48. The molecule has 3 rings (SSSR count). The van der Waals surface area contributed by atoms with Crippen molar-refractivity contribution in [3.05, 3.63) is 70.3 Å². The Kier molecular flexibility index (Phi) is 3.64. The van der Waals surface area contributed by atoms with Crippen molar-refractivity contribution in [2.24, 2.45) is 0 Å². The molecule has 122 valence electrons. The molecule has 2 N–H and O–H groups in total. The van der Waals surface area contributed by atoms with Crippen LogP contribution < -0.4 is 10.7 Å². The first-order chi connectivity index (χ1) is 11.4. The summed E-state index contributed by atoms with van der Waals surface area (Å²) in [5, 5.41) is 14.2. The van der Waals surface area contributed by atoms with Crippen LogP contribution in [0.3, 0.4) is 0 Å². The number of urea groups is 1. The Hall–Kier alpha value is -3.42. The topological polar surface area (TPSA) is 105 Å². The van der Waals surface area contributed by atoms with Crippen molar-refractivity contribution < 1.29 is 14.5 Å². The number of nitrogens with one attached hydrogen (secondary N) is 2. The molecule has 0 aliphatic carbocycles. The Morgan fingerprint density at radius 3 is 2.29 bits per heavy atom. The number of nitrogens with zero attached hydrogens (tertiary/aromatic N) is 2. The van der Waals surface area contributed by atoms with E-state index in [4.69, 9.17) is 0 Å². The van der Waals surface area contributed by atoms with E-state index >= 15 is 0 Å². The third-order valence-corrected chi connectivity index (χ3v) is 3.86. The molecule has 8 nitrogen and oxygen atoms in total. The van der Waals surface area contributed by atoms with Crippen molar-refractivity contribution in [2.75, 3.05) is 5.43 Å². The van der Waals surface area contributed by atoms with Gasteiger partial charge in [-0.15, -0.1) is 0 Å². The number of rotatable bonds is 4. The van der Waals surface area contributed by atoms with E-state index in [9.17, 15) is 19.7 Å². The molecule has 24 heavy (non-hydrogen) atoms. The predicted octanol–water partition coefficient (Wildman–Crippen LogP) is 2.39. The van der Waals surface area contributed by atoms with Crippen LogP contribution in [0.1, 0.15) is 12.5 Å². The number of nitro groups is 1. The van der Waals surface area contributed by atoms with E-state index in [0.717, 1.165) is 5.01 Å². The number of imide groups is 1. The van der Waals surface area contributed by atoms with Crippen LogP contribution in [0.2, 0.25) is 0 Å². The highest BCUT2D eigenvalue weighted by Gasteiger charge is 2.49. The number of hydrogen-bond donors (Lipinski definition) is 2. The third-order valence-electron chi connectivity index (χ3n) is 3.86. The third kappa shape index (κ3) is 2.54. The lowest BCUT2D eigenvalue weighted by atomic mass is 9.92. The molecule has 0 saturated carbocycles. The zero-order valence-electron chi connectivity index (χ0n) is 12.7. The number of nitro benzene ring substituents is 1. The van der Waals surface area contributed by atoms with Gasteiger partial charge in [0.15, 0.2) is 0 Å². The van der Waals surface area contributed by atoms with Crippen LogP contribution in [0.4, 0.5) is 16.2 Å². The van der Waals surface area contributed by atoms with E-state index in [2.05, 4.69) is 10.7 Å². The lowest BCUT2D eigenvalue weighted by Gasteiger charge is -2.22. The average molecular weight is 326 g/mol. The Bertz CT molecular complexity index is 807. The lowest BCUT2D eigenvalue weighted by Crippen LogP contribution is -2.41. The van der Waals surface area contributed by atoms with Crippen molar-refractivity contribution in [2.45, 2.75) is 12.5 Å². The molecule has 0 radical (unpaired) electrons. The van der Waals surface area contributed by atoms with Crippen LogP contribution >= 0.6 is 0 Å². The molecular weight excluding hydrogens is 312 g/mol. The maximum absolute atomic E-state index is 12.7. The number of carbonyl (C=O) groups is 2. The van der Waals surface area contributed by atoms with E-state index in [1.807, 2.05) is 6.07 Å². The highest BCUT2D eigenvalue weighted by atomic mass is 16.6. The van der Waals surface area contributed by atoms with Crippen molar-refractivity contribution in [3.63, 3.8) is 0 Å². The Balaban J connectivity index is 1.83. The van der Waals surface area contributed by atoms with E-state index in [0.29, 0.717) is 11.3 Å². The number of anilines is 1. The van der Waals surface area contributed by atoms with Gasteiger partial charge in [-0.1, -0.05) is 30.3 Å². The van der Waals surface area contributed by atoms with E-state index < -0.39 is 22.4 Å². The second-order valence-corrected chi connectivity index (χ2v) is 5.48. The van der Waals surface area contributed by atoms with Crippen molar-refractivity contribution in [3.8, 4) is 0 Å². The standard InChI is InChI=1S/C16H14N4O4/c1-16(11-5-3-2-4-6-11)14(21)19(15(22)17-16)18-12-7-9-13(10-8-12)20(23)24/h2-10,18H,1H3,(H,17,22)/t16-/m0/s1. The normalized spacial score (nSPS) is 20.0. The van der Waals surface area contributed by atoms with Gasteiger partial charge in [-0.2, -0.15) is 5.01 Å². The molecular formula is C16H14N4O4. The van der Waals surface area contributed by atoms with E-state index in [1.165, 1.54) is 24.3 Å². The molecule has 1 heterocycles. The van der Waals surface area contributed by atoms with Crippen LogP contribution in [0.25, 0.3) is 0 Å². The largest absolute Gasteiger partial charge is 0.344 e. The first-order valence-corrected chi connectivity index (χ1v) is 7.15. The lowest BCUT2D eigenvalue weighted by molar-refractivity contribution is -0.384. The van der Waals surface area contributed by atoms with Crippen molar-refractivity contribution in [1.82, 2.24) is 10.3 Å². The summed E-state index contributed by atoms with van der Waals surface area (Å²) in [4.78, 5) is 35.0. The molecule has 0 spiro atoms. The molecule has 1 fully saturated rings. The Labute approximate surface area is 137 Å². The molecule has 1 atom stereocenters. The van der Waals surface area contributed by atoms with Gasteiger partial charge in [-0.25, -0.2) is 4.79 Å². The minimum absolute atomic E-state index is 0.0770. The van der Waals surface area contributed by atoms with Gasteiger partial charge < -0.3 is 5.32 Å². The van der Waals surface area contributed by atoms with Crippen LogP contribution in [-0.4, -0.2) is 21.9 Å². The van der Waals surface area contributed by atoms with Gasteiger partial charge in [0.1, 0.15) is 5.54 Å². The Morgan fingerprint density at radius 2 is 1.71 bits per heavy atom. The zero-order valence-corrected chi connectivity index (χ0v) is 12.7. The first kappa shape index (κ1) is 15.5. The number of benzene rings is 2. The summed E-state index contributed by atoms with van der Waals surface area (Å²) in [6, 6.07) is 13.7. The highest BCUT2D eigenvalue weighted by molar-refractivity contribution is 6.08. The number of hydrogen-bond acceptors (Lipinski definition) is 5. The van der Waals surface area contributed by atoms with Crippen LogP contribution in [0.15, 0.2) is 54.6 Å². The minimum Gasteiger partial charge on any atom is -0.318 e. The first-order valence-electron chi connectivity index (χ1n) is 7.15. The molecule has 2 aromatic carbocycles. The molecule has 1 saturated heterocycles. The molecule has 3 amide bonds. The smallest absolute Gasteiger partial charge is 0.318 e. The van der Waals surface area contributed by atoms with Crippen molar-refractivity contribution in [1.29, 1.82) is 0 Å². The number of carbonyl (C=O) groups excluding carboxylic acids is 2. The van der Waals surface area contributed by atoms with Crippen LogP contribution in [-0.2, 0) is 10.3 Å². The minimum atomic E-state index is -1.17. The molecule has 0 bridgehead atoms. The zero-order chi connectivity index (χ0) is 17.3. The van der Waals surface area contributed by atoms with Crippen LogP contribution in [0.5, 0.6) is 0 Å². The number of hydrazine groups is 1. The van der Waals surface area contributed by atoms with Gasteiger partial charge in [0.2, 0.25) is 0 Å². The highest BCUT2D eigenvalue weighted by Crippen LogP contribution is 2.29. The van der Waals surface area contributed by atoms with Crippen molar-refractivity contribution >= 4 is 23.3 Å². The van der Waals surface area contributed by atoms with Gasteiger partial charge in [-0.3, -0.25) is 20.3 Å². The molecule has 1 aliphatic heterocycles. The fraction of sp³-hybridized carbons (Fsp3) is 0.125. The van der Waals surface area contributed by atoms with E-state index in [-0.39, 0.29) is 5.69 Å². The summed E-state index contributed by atoms with van der Waals surface area (Å²) in [7, 11) is 0. The summed E-state index contributed by atoms with van der Waals surface area (Å²) in [5.74, 6) is -0.461. The van der Waals surface area contributed by atoms with Crippen LogP contribution in [0, 0.1) is 10.1 Å². The monoisotopic (exact) mass is 326 g/mol. The SMILES string of the molecule is C[C@@]1(c2ccccc2)NC(=O)N(Nc2ccc([N+](=O)[O-])cc2)C1=O. The van der Waals surface area contributed by atoms with E-state index in [1.54, 1.807) is 31.2 Å². The summed E-state index contributed by atoms with van der Waals surface area (Å²) in [5.41, 5.74) is 2.48. The van der Waals surface area contributed by atoms with Gasteiger partial charge >= 0.3 is 6.03 Å². The fourth-order valence-electron chi connectivity index (χ4n) is 2.49. The molecule has 0 aromatic heterocycles. The molecule has 8 heteroatoms. The summed E-state index contributed by atoms with van der Waals surface area (Å²) < 4.78 is 0. The Morgan fingerprint density at radius 1 is 1.08 bits per heavy atom. The summed E-state index contributed by atoms with van der Waals surface area (Å²) in [6.45, 7) is 1.63. The number of amides is 3. The fourth-order valence-corrected chi connectivity index (χ4v) is 2.49. The van der Waals surface area contributed by atoms with Gasteiger partial charge in [0.05, 0.1) is 10.6 Å². The molecule has 1 aliphatic rings. The number of non-ortho nitro benzene ring substituents is 1. The van der Waals surface area contributed by atoms with Gasteiger partial charge in [0.25, 0.3) is 11.6 Å². The van der Waals surface area contributed by atoms with Gasteiger partial charge in [-0.05, 0) is 24.6 Å². The van der Waals surface area contributed by atoms with Gasteiger partial charge in [0, 0.05) is 12.1 Å². The molecule has 0 unspecified atom stereocenters. The maximum atomic E-state index is 12.7. The predicted molar refractivity (Wildman–Crippen MR) is 85.9 cm³/mol. The second kappa shape index (κ2) is 5.65. The summed E-state index contributed by atoms with van der Waals surface area (Å²) in [6.07, 6.45) is 0.